The van der Waals surface area contributed by atoms with E-state index in [0.29, 0.717) is 0 Å². The number of nitrogens with zero attached hydrogens (tertiary/aromatic N) is 4. The van der Waals surface area contributed by atoms with Crippen molar-refractivity contribution in [1.29, 1.82) is 0 Å². The number of likely N-dealkylation sites (tertiary alicyclic amines) is 1. The molecule has 184 valence electrons. The first-order valence-corrected chi connectivity index (χ1v) is 12.1. The minimum absolute atomic E-state index is 0.718. The van der Waals surface area contributed by atoms with Gasteiger partial charge in [-0.15, -0.1) is 0 Å². The van der Waals surface area contributed by atoms with E-state index < -0.39 is 0 Å². The van der Waals surface area contributed by atoms with Gasteiger partial charge in [0.15, 0.2) is 0 Å². The Bertz CT molecular complexity index is 1280. The molecule has 0 unspecified atom stereocenters. The molecule has 0 aliphatic carbocycles. The summed E-state index contributed by atoms with van der Waals surface area (Å²) in [5.41, 5.74) is 8.18. The van der Waals surface area contributed by atoms with E-state index in [1.54, 1.807) is 6.20 Å². The summed E-state index contributed by atoms with van der Waals surface area (Å²) in [5, 5.41) is 6.61. The van der Waals surface area contributed by atoms with E-state index >= 15 is 0 Å². The number of rotatable bonds is 10. The summed E-state index contributed by atoms with van der Waals surface area (Å²) in [7, 11) is 3.89. The molecular weight excluding hydrogens is 444 g/mol. The first-order chi connectivity index (χ1) is 17.3. The van der Waals surface area contributed by atoms with Crippen LogP contribution in [0.1, 0.15) is 24.1 Å². The van der Waals surface area contributed by atoms with E-state index in [4.69, 9.17) is 0 Å². The number of hydrogen-bond donors (Lipinski definition) is 2. The van der Waals surface area contributed by atoms with E-state index in [2.05, 4.69) is 70.0 Å². The monoisotopic (exact) mass is 478 g/mol. The van der Waals surface area contributed by atoms with Gasteiger partial charge in [-0.1, -0.05) is 44.5 Å². The van der Waals surface area contributed by atoms with Crippen molar-refractivity contribution in [2.24, 2.45) is 0 Å². The normalized spacial score (nSPS) is 12.7. The largest absolute Gasteiger partial charge is 0.370 e. The first kappa shape index (κ1) is 24.8. The first-order valence-electron chi connectivity index (χ1n) is 12.1. The predicted octanol–water partition coefficient (Wildman–Crippen LogP) is 6.29. The Kier molecular flexibility index (Phi) is 7.54. The second kappa shape index (κ2) is 11.0. The van der Waals surface area contributed by atoms with Crippen LogP contribution in [0.5, 0.6) is 0 Å². The Labute approximate surface area is 214 Å². The summed E-state index contributed by atoms with van der Waals surface area (Å²) in [5.74, 6) is 0.793. The molecule has 0 bridgehead atoms. The molecular formula is C30H34N6. The van der Waals surface area contributed by atoms with Crippen LogP contribution in [0.4, 0.5) is 11.4 Å². The third-order valence-corrected chi connectivity index (χ3v) is 6.32. The number of aromatic nitrogens is 2. The molecule has 36 heavy (non-hydrogen) atoms. The highest BCUT2D eigenvalue weighted by Gasteiger charge is 2.15. The summed E-state index contributed by atoms with van der Waals surface area (Å²) in [6.07, 6.45) is 7.88. The Morgan fingerprint density at radius 1 is 0.861 bits per heavy atom. The minimum atomic E-state index is 0.718. The third-order valence-electron chi connectivity index (χ3n) is 6.32. The average Bonchev–Trinajstić information content (AvgIpc) is 3.43. The quantitative estimate of drug-likeness (QED) is 0.334. The molecule has 0 spiro atoms. The molecule has 6 nitrogen and oxygen atoms in total. The van der Waals surface area contributed by atoms with Crippen LogP contribution < -0.4 is 10.6 Å². The lowest BCUT2D eigenvalue weighted by molar-refractivity contribution is 0.492. The fourth-order valence-electron chi connectivity index (χ4n) is 4.04. The lowest BCUT2D eigenvalue weighted by Gasteiger charge is -2.20. The van der Waals surface area contributed by atoms with E-state index in [1.165, 1.54) is 12.8 Å². The fraction of sp³-hybridized carbons (Fsp3) is 0.200. The van der Waals surface area contributed by atoms with Gasteiger partial charge in [-0.3, -0.25) is 9.97 Å². The van der Waals surface area contributed by atoms with Gasteiger partial charge in [-0.25, -0.2) is 0 Å². The van der Waals surface area contributed by atoms with Crippen molar-refractivity contribution in [1.82, 2.24) is 19.8 Å². The lowest BCUT2D eigenvalue weighted by Crippen LogP contribution is -2.17. The van der Waals surface area contributed by atoms with Crippen molar-refractivity contribution in [2.45, 2.75) is 12.8 Å². The van der Waals surface area contributed by atoms with E-state index in [1.807, 2.05) is 55.7 Å². The molecule has 6 heteroatoms. The van der Waals surface area contributed by atoms with Crippen LogP contribution >= 0.6 is 0 Å². The number of anilines is 2. The number of pyridine rings is 2. The minimum Gasteiger partial charge on any atom is -0.370 e. The van der Waals surface area contributed by atoms with Crippen LogP contribution in [0.15, 0.2) is 98.9 Å². The molecule has 0 saturated carbocycles. The smallest absolute Gasteiger partial charge is 0.0978 e. The molecule has 1 aliphatic rings. The standard InChI is InChI=1S/C30H34N6/c1-21(22(2)33-28-12-13-30(32-20-28)23(3)36-14-7-8-15-36)25-10-9-11-26(16-25)27-17-29(19-31-18-27)34-24(4)35(5)6/h9-13,16-20,33-34H,1-4,7-8,14-15H2,5-6H3. The molecule has 0 amide bonds. The van der Waals surface area contributed by atoms with Gasteiger partial charge in [0.25, 0.3) is 0 Å². The number of hydrogen-bond acceptors (Lipinski definition) is 6. The molecule has 2 N–H and O–H groups in total. The van der Waals surface area contributed by atoms with Crippen LogP contribution in [0.3, 0.4) is 0 Å². The topological polar surface area (TPSA) is 56.3 Å². The maximum atomic E-state index is 4.61. The maximum absolute atomic E-state index is 4.61. The molecule has 0 radical (unpaired) electrons. The van der Waals surface area contributed by atoms with Gasteiger partial charge in [0.2, 0.25) is 0 Å². The highest BCUT2D eigenvalue weighted by atomic mass is 15.2. The second-order valence-electron chi connectivity index (χ2n) is 9.16. The molecule has 3 heterocycles. The Morgan fingerprint density at radius 2 is 1.64 bits per heavy atom. The van der Waals surface area contributed by atoms with Crippen LogP contribution in [0.2, 0.25) is 0 Å². The molecule has 1 aliphatic heterocycles. The fourth-order valence-corrected chi connectivity index (χ4v) is 4.04. The van der Waals surface area contributed by atoms with Crippen molar-refractivity contribution in [3.8, 4) is 11.1 Å². The Morgan fingerprint density at radius 3 is 2.33 bits per heavy atom. The molecule has 1 fully saturated rings. The van der Waals surface area contributed by atoms with Crippen LogP contribution in [0.25, 0.3) is 22.4 Å². The number of nitrogens with one attached hydrogen (secondary N) is 2. The zero-order valence-electron chi connectivity index (χ0n) is 21.2. The van der Waals surface area contributed by atoms with Crippen molar-refractivity contribution >= 4 is 22.6 Å². The summed E-state index contributed by atoms with van der Waals surface area (Å²) >= 11 is 0. The number of allylic oxidation sites excluding steroid dienone is 1. The molecule has 1 saturated heterocycles. The highest BCUT2D eigenvalue weighted by molar-refractivity contribution is 5.82. The molecule has 3 aromatic rings. The molecule has 0 atom stereocenters. The van der Waals surface area contributed by atoms with Gasteiger partial charge >= 0.3 is 0 Å². The SMILES string of the molecule is C=C(Nc1ccc(C(=C)N2CCCC2)nc1)C(=C)c1cccc(-c2cncc(NC(=C)N(C)C)c2)c1. The maximum Gasteiger partial charge on any atom is 0.0978 e. The van der Waals surface area contributed by atoms with Gasteiger partial charge < -0.3 is 20.4 Å². The number of benzene rings is 1. The van der Waals surface area contributed by atoms with E-state index in [0.717, 1.165) is 69.6 Å². The van der Waals surface area contributed by atoms with Gasteiger partial charge in [-0.05, 0) is 53.8 Å². The summed E-state index contributed by atoms with van der Waals surface area (Å²) in [6.45, 7) is 18.8. The lowest BCUT2D eigenvalue weighted by atomic mass is 9.99. The highest BCUT2D eigenvalue weighted by Crippen LogP contribution is 2.28. The van der Waals surface area contributed by atoms with Gasteiger partial charge in [0, 0.05) is 44.6 Å². The summed E-state index contributed by atoms with van der Waals surface area (Å²) < 4.78 is 0. The van der Waals surface area contributed by atoms with Crippen LogP contribution in [-0.2, 0) is 0 Å². The third kappa shape index (κ3) is 5.84. The molecule has 1 aromatic carbocycles. The van der Waals surface area contributed by atoms with Crippen LogP contribution in [0, 0.1) is 0 Å². The second-order valence-corrected chi connectivity index (χ2v) is 9.16. The van der Waals surface area contributed by atoms with Gasteiger partial charge in [0.05, 0.1) is 41.0 Å². The van der Waals surface area contributed by atoms with Gasteiger partial charge in [0.1, 0.15) is 0 Å². The molecule has 4 rings (SSSR count). The average molecular weight is 479 g/mol. The van der Waals surface area contributed by atoms with E-state index in [9.17, 15) is 0 Å². The van der Waals surface area contributed by atoms with Crippen molar-refractivity contribution in [3.05, 3.63) is 110 Å². The Balaban J connectivity index is 1.44. The van der Waals surface area contributed by atoms with Crippen molar-refractivity contribution in [3.63, 3.8) is 0 Å². The Hall–Kier alpha value is -4.32. The van der Waals surface area contributed by atoms with Crippen molar-refractivity contribution in [2.75, 3.05) is 37.8 Å². The predicted molar refractivity (Wildman–Crippen MR) is 152 cm³/mol. The summed E-state index contributed by atoms with van der Waals surface area (Å²) in [4.78, 5) is 13.2. The summed E-state index contributed by atoms with van der Waals surface area (Å²) in [6, 6.07) is 14.3. The van der Waals surface area contributed by atoms with E-state index in [-0.39, 0.29) is 0 Å². The molecule has 2 aromatic heterocycles. The van der Waals surface area contributed by atoms with Crippen molar-refractivity contribution < 1.29 is 0 Å². The van der Waals surface area contributed by atoms with Gasteiger partial charge in [-0.2, -0.15) is 0 Å². The zero-order chi connectivity index (χ0) is 25.7. The zero-order valence-corrected chi connectivity index (χ0v) is 21.2. The van der Waals surface area contributed by atoms with Crippen LogP contribution in [-0.4, -0.2) is 47.0 Å².